The predicted molar refractivity (Wildman–Crippen MR) is 101 cm³/mol. The quantitative estimate of drug-likeness (QED) is 0.524. The van der Waals surface area contributed by atoms with E-state index in [4.69, 9.17) is 9.47 Å². The summed E-state index contributed by atoms with van der Waals surface area (Å²) in [5.41, 5.74) is 0.502. The van der Waals surface area contributed by atoms with E-state index in [0.717, 1.165) is 32.5 Å². The molecule has 0 aliphatic rings. The third kappa shape index (κ3) is 7.56. The van der Waals surface area contributed by atoms with Crippen LogP contribution in [0.5, 0.6) is 5.75 Å². The number of amides is 1. The number of carbonyl (C=O) groups is 1. The fraction of sp³-hybridized carbons (Fsp3) is 0.579. The van der Waals surface area contributed by atoms with Crippen molar-refractivity contribution in [1.29, 1.82) is 0 Å². The second-order valence-electron chi connectivity index (χ2n) is 6.02. The van der Waals surface area contributed by atoms with Gasteiger partial charge in [-0.15, -0.1) is 0 Å². The fourth-order valence-electron chi connectivity index (χ4n) is 2.59. The highest BCUT2D eigenvalue weighted by Gasteiger charge is 2.12. The Morgan fingerprint density at radius 1 is 1.28 bits per heavy atom. The van der Waals surface area contributed by atoms with Crippen LogP contribution in [0.2, 0.25) is 0 Å². The second-order valence-corrected chi connectivity index (χ2v) is 6.02. The Hall–Kier alpha value is -2.08. The molecular weight excluding hydrogens is 318 g/mol. The lowest BCUT2D eigenvalue weighted by atomic mass is 10.2. The van der Waals surface area contributed by atoms with E-state index < -0.39 is 0 Å². The molecular formula is C19H32N3O3+. The Labute approximate surface area is 151 Å². The van der Waals surface area contributed by atoms with Crippen LogP contribution in [0.25, 0.3) is 0 Å². The van der Waals surface area contributed by atoms with E-state index in [1.165, 1.54) is 7.11 Å². The summed E-state index contributed by atoms with van der Waals surface area (Å²) in [5, 5.41) is 2.71. The summed E-state index contributed by atoms with van der Waals surface area (Å²) in [6.07, 6.45) is 2.06. The lowest BCUT2D eigenvalue weighted by Crippen LogP contribution is -3.11. The summed E-state index contributed by atoms with van der Waals surface area (Å²) in [5.74, 6) is 0.370. The average molecular weight is 350 g/mol. The van der Waals surface area contributed by atoms with Gasteiger partial charge in [0.15, 0.2) is 0 Å². The highest BCUT2D eigenvalue weighted by atomic mass is 16.5. The van der Waals surface area contributed by atoms with E-state index in [1.54, 1.807) is 36.3 Å². The maximum atomic E-state index is 12.3. The molecule has 2 N–H and O–H groups in total. The van der Waals surface area contributed by atoms with Crippen molar-refractivity contribution in [2.24, 2.45) is 4.99 Å². The Kier molecular flexibility index (Phi) is 9.62. The molecule has 0 aromatic heterocycles. The lowest BCUT2D eigenvalue weighted by Gasteiger charge is -2.16. The van der Waals surface area contributed by atoms with Gasteiger partial charge in [0.05, 0.1) is 39.9 Å². The Morgan fingerprint density at radius 3 is 2.60 bits per heavy atom. The average Bonchev–Trinajstić information content (AvgIpc) is 2.64. The van der Waals surface area contributed by atoms with Crippen LogP contribution >= 0.6 is 0 Å². The van der Waals surface area contributed by atoms with Crippen LogP contribution in [-0.4, -0.2) is 51.8 Å². The third-order valence-corrected chi connectivity index (χ3v) is 4.24. The molecule has 1 aromatic carbocycles. The first-order valence-electron chi connectivity index (χ1n) is 8.94. The summed E-state index contributed by atoms with van der Waals surface area (Å²) in [7, 11) is 3.08. The summed E-state index contributed by atoms with van der Waals surface area (Å²) >= 11 is 0. The maximum absolute atomic E-state index is 12.3. The number of carbonyl (C=O) groups excluding carboxylic acids is 1. The SMILES string of the molecule is CC[NH+](CC)CCC[C@@H](C)N=C(NC(=O)c1cccc(OC)c1)OC. The van der Waals surface area contributed by atoms with Crippen molar-refractivity contribution in [3.05, 3.63) is 29.8 Å². The number of nitrogens with one attached hydrogen (secondary N) is 2. The van der Waals surface area contributed by atoms with Gasteiger partial charge in [-0.05, 0) is 51.8 Å². The minimum Gasteiger partial charge on any atom is -0.497 e. The van der Waals surface area contributed by atoms with E-state index in [0.29, 0.717) is 11.3 Å². The molecule has 0 saturated carbocycles. The zero-order valence-corrected chi connectivity index (χ0v) is 16.1. The van der Waals surface area contributed by atoms with Crippen molar-refractivity contribution in [3.8, 4) is 5.75 Å². The molecule has 1 amide bonds. The first kappa shape index (κ1) is 21.0. The lowest BCUT2D eigenvalue weighted by molar-refractivity contribution is -0.896. The molecule has 0 spiro atoms. The number of quaternary nitrogens is 1. The molecule has 1 atom stereocenters. The summed E-state index contributed by atoms with van der Waals surface area (Å²) in [4.78, 5) is 18.4. The van der Waals surface area contributed by atoms with E-state index in [-0.39, 0.29) is 18.0 Å². The summed E-state index contributed by atoms with van der Waals surface area (Å²) < 4.78 is 10.4. The number of hydrogen-bond donors (Lipinski definition) is 2. The number of aliphatic imine (C=N–C) groups is 1. The molecule has 6 heteroatoms. The molecule has 25 heavy (non-hydrogen) atoms. The highest BCUT2D eigenvalue weighted by molar-refractivity contribution is 6.04. The molecule has 6 nitrogen and oxygen atoms in total. The molecule has 1 rings (SSSR count). The number of hydrogen-bond acceptors (Lipinski definition) is 4. The van der Waals surface area contributed by atoms with Gasteiger partial charge in [0.2, 0.25) is 0 Å². The molecule has 1 aromatic rings. The fourth-order valence-corrected chi connectivity index (χ4v) is 2.59. The minimum atomic E-state index is -0.265. The first-order chi connectivity index (χ1) is 12.0. The number of benzene rings is 1. The van der Waals surface area contributed by atoms with Gasteiger partial charge >= 0.3 is 0 Å². The number of rotatable bonds is 9. The molecule has 140 valence electrons. The van der Waals surface area contributed by atoms with Crippen molar-refractivity contribution in [3.63, 3.8) is 0 Å². The van der Waals surface area contributed by atoms with Crippen LogP contribution in [0.4, 0.5) is 0 Å². The van der Waals surface area contributed by atoms with Crippen molar-refractivity contribution < 1.29 is 19.2 Å². The molecule has 0 saturated heterocycles. The maximum Gasteiger partial charge on any atom is 0.291 e. The van der Waals surface area contributed by atoms with Gasteiger partial charge in [-0.25, -0.2) is 4.99 Å². The van der Waals surface area contributed by atoms with Crippen LogP contribution in [0.15, 0.2) is 29.3 Å². The smallest absolute Gasteiger partial charge is 0.291 e. The monoisotopic (exact) mass is 350 g/mol. The van der Waals surface area contributed by atoms with Gasteiger partial charge in [-0.3, -0.25) is 10.1 Å². The van der Waals surface area contributed by atoms with Gasteiger partial charge in [0.25, 0.3) is 11.9 Å². The molecule has 0 heterocycles. The van der Waals surface area contributed by atoms with Crippen molar-refractivity contribution in [2.75, 3.05) is 33.9 Å². The van der Waals surface area contributed by atoms with E-state index >= 15 is 0 Å². The zero-order chi connectivity index (χ0) is 18.7. The van der Waals surface area contributed by atoms with Gasteiger partial charge in [0, 0.05) is 5.56 Å². The Balaban J connectivity index is 2.58. The second kappa shape index (κ2) is 11.5. The number of methoxy groups -OCH3 is 2. The number of nitrogens with zero attached hydrogens (tertiary/aromatic N) is 1. The van der Waals surface area contributed by atoms with Crippen LogP contribution in [-0.2, 0) is 4.74 Å². The molecule has 0 unspecified atom stereocenters. The van der Waals surface area contributed by atoms with Crippen molar-refractivity contribution in [1.82, 2.24) is 5.32 Å². The topological polar surface area (TPSA) is 64.4 Å². The molecule has 0 aliphatic carbocycles. The van der Waals surface area contributed by atoms with E-state index in [1.807, 2.05) is 6.92 Å². The largest absolute Gasteiger partial charge is 0.497 e. The highest BCUT2D eigenvalue weighted by Crippen LogP contribution is 2.12. The third-order valence-electron chi connectivity index (χ3n) is 4.24. The number of amidine groups is 1. The van der Waals surface area contributed by atoms with Gasteiger partial charge in [-0.1, -0.05) is 6.07 Å². The van der Waals surface area contributed by atoms with Gasteiger partial charge < -0.3 is 14.4 Å². The summed E-state index contributed by atoms with van der Waals surface area (Å²) in [6.45, 7) is 9.89. The standard InChI is InChI=1S/C19H31N3O3/c1-6-22(7-2)13-9-10-15(3)20-19(25-5)21-18(23)16-11-8-12-17(14-16)24-4/h8,11-12,14-15H,6-7,9-10,13H2,1-5H3,(H,20,21,23)/p+1/t15-/m1/s1. The number of ether oxygens (including phenoxy) is 2. The molecule has 0 fully saturated rings. The van der Waals surface area contributed by atoms with Crippen LogP contribution in [0.3, 0.4) is 0 Å². The van der Waals surface area contributed by atoms with Crippen LogP contribution in [0, 0.1) is 0 Å². The summed E-state index contributed by atoms with van der Waals surface area (Å²) in [6, 6.07) is 7.31. The van der Waals surface area contributed by atoms with E-state index in [9.17, 15) is 4.79 Å². The molecule has 0 radical (unpaired) electrons. The zero-order valence-electron chi connectivity index (χ0n) is 16.1. The molecule has 0 bridgehead atoms. The van der Waals surface area contributed by atoms with E-state index in [2.05, 4.69) is 24.2 Å². The Bertz CT molecular complexity index is 557. The molecule has 0 aliphatic heterocycles. The van der Waals surface area contributed by atoms with Gasteiger partial charge in [-0.2, -0.15) is 0 Å². The van der Waals surface area contributed by atoms with Crippen LogP contribution < -0.4 is 15.0 Å². The minimum absolute atomic E-state index is 0.0931. The van der Waals surface area contributed by atoms with Crippen molar-refractivity contribution in [2.45, 2.75) is 39.7 Å². The normalized spacial score (nSPS) is 12.8. The first-order valence-corrected chi connectivity index (χ1v) is 8.94. The van der Waals surface area contributed by atoms with Crippen LogP contribution in [0.1, 0.15) is 44.0 Å². The Morgan fingerprint density at radius 2 is 2.00 bits per heavy atom. The van der Waals surface area contributed by atoms with Crippen molar-refractivity contribution >= 4 is 11.9 Å². The van der Waals surface area contributed by atoms with Gasteiger partial charge in [0.1, 0.15) is 5.75 Å². The predicted octanol–water partition coefficient (Wildman–Crippen LogP) is 1.52.